The van der Waals surface area contributed by atoms with Crippen LogP contribution in [0.5, 0.6) is 5.75 Å². The Hall–Kier alpha value is -2.90. The van der Waals surface area contributed by atoms with Crippen molar-refractivity contribution in [2.24, 2.45) is 0 Å². The number of nitrogens with zero attached hydrogens (tertiary/aromatic N) is 3. The number of phosphoric acid groups is 2. The molecule has 22 heteroatoms. The number of alkyl halides is 3. The van der Waals surface area contributed by atoms with Crippen molar-refractivity contribution in [3.8, 4) is 5.75 Å². The minimum atomic E-state index is -5.45. The molecular weight excluding hydrogens is 601 g/mol. The fourth-order valence-corrected chi connectivity index (χ4v) is 5.38. The number of phosphoric ester groups is 1. The summed E-state index contributed by atoms with van der Waals surface area (Å²) in [6.07, 6.45) is -11.4. The van der Waals surface area contributed by atoms with Crippen LogP contribution in [0.1, 0.15) is 11.9 Å². The molecule has 0 spiro atoms. The van der Waals surface area contributed by atoms with Crippen molar-refractivity contribution in [3.63, 3.8) is 0 Å². The summed E-state index contributed by atoms with van der Waals surface area (Å²) in [6.45, 7) is -1.78. The topological polar surface area (TPSA) is 242 Å². The van der Waals surface area contributed by atoms with E-state index in [1.54, 1.807) is 0 Å². The van der Waals surface area contributed by atoms with Crippen LogP contribution in [-0.4, -0.2) is 70.5 Å². The Balaban J connectivity index is 1.61. The van der Waals surface area contributed by atoms with E-state index < -0.39 is 76.7 Å². The van der Waals surface area contributed by atoms with Crippen molar-refractivity contribution >= 4 is 26.6 Å². The number of halogens is 3. The SMILES string of the molecule is O=c1ccn([C@@H]2O[C@H](COP(=O)(O)OP(=O)(O)O)[C@H](O)[C@@H]2O)c(=O)n1Cc1noc2cccc(OC(F)(F)F)c12. The van der Waals surface area contributed by atoms with Gasteiger partial charge in [0.15, 0.2) is 11.8 Å². The van der Waals surface area contributed by atoms with Gasteiger partial charge in [-0.2, -0.15) is 4.31 Å². The highest BCUT2D eigenvalue weighted by Gasteiger charge is 2.46. The molecule has 1 saturated heterocycles. The molecule has 0 radical (unpaired) electrons. The molecule has 1 aliphatic rings. The molecular formula is C18H18F3N3O14P2. The fraction of sp³-hybridized carbons (Fsp3) is 0.389. The Morgan fingerprint density at radius 2 is 1.77 bits per heavy atom. The molecule has 3 aromatic rings. The van der Waals surface area contributed by atoms with E-state index in [2.05, 4.69) is 18.7 Å². The molecule has 40 heavy (non-hydrogen) atoms. The first-order chi connectivity index (χ1) is 18.5. The molecule has 2 aromatic heterocycles. The van der Waals surface area contributed by atoms with Gasteiger partial charge in [-0.3, -0.25) is 18.5 Å². The third kappa shape index (κ3) is 6.69. The highest BCUT2D eigenvalue weighted by Crippen LogP contribution is 2.57. The van der Waals surface area contributed by atoms with E-state index in [-0.39, 0.29) is 16.7 Å². The fourth-order valence-electron chi connectivity index (χ4n) is 3.78. The van der Waals surface area contributed by atoms with Gasteiger partial charge in [0.05, 0.1) is 18.5 Å². The molecule has 4 rings (SSSR count). The smallest absolute Gasteiger partial charge is 0.405 e. The van der Waals surface area contributed by atoms with Crippen LogP contribution in [0.25, 0.3) is 11.0 Å². The summed E-state index contributed by atoms with van der Waals surface area (Å²) in [5.74, 6) is -0.713. The third-order valence-electron chi connectivity index (χ3n) is 5.38. The van der Waals surface area contributed by atoms with Gasteiger partial charge in [-0.05, 0) is 12.1 Å². The van der Waals surface area contributed by atoms with Crippen LogP contribution in [0.15, 0.2) is 44.6 Å². The summed E-state index contributed by atoms with van der Waals surface area (Å²) in [4.78, 5) is 52.3. The highest BCUT2D eigenvalue weighted by molar-refractivity contribution is 7.60. The predicted octanol–water partition coefficient (Wildman–Crippen LogP) is -0.0564. The van der Waals surface area contributed by atoms with Crippen molar-refractivity contribution in [2.75, 3.05) is 6.61 Å². The molecule has 0 saturated carbocycles. The second-order valence-corrected chi connectivity index (χ2v) is 10.9. The van der Waals surface area contributed by atoms with Gasteiger partial charge in [0.1, 0.15) is 29.8 Å². The molecule has 1 aliphatic heterocycles. The zero-order valence-electron chi connectivity index (χ0n) is 19.4. The van der Waals surface area contributed by atoms with Gasteiger partial charge in [0.25, 0.3) is 5.56 Å². The van der Waals surface area contributed by atoms with E-state index in [1.165, 1.54) is 12.1 Å². The van der Waals surface area contributed by atoms with E-state index >= 15 is 0 Å². The van der Waals surface area contributed by atoms with E-state index in [0.29, 0.717) is 9.13 Å². The van der Waals surface area contributed by atoms with Crippen molar-refractivity contribution in [3.05, 3.63) is 57.0 Å². The average Bonchev–Trinajstić information content (AvgIpc) is 3.35. The number of aromatic nitrogens is 3. The lowest BCUT2D eigenvalue weighted by atomic mass is 10.1. The van der Waals surface area contributed by atoms with E-state index in [0.717, 1.165) is 18.3 Å². The van der Waals surface area contributed by atoms with E-state index in [4.69, 9.17) is 19.0 Å². The first kappa shape index (κ1) is 30.1. The standard InChI is InChI=1S/C18H18F3N3O14P2/c19-18(20,21)36-9-2-1-3-10-13(9)8(22-37-10)6-24-12(25)4-5-23(17(24)28)16-15(27)14(26)11(35-16)7-34-40(32,33)38-39(29,30)31/h1-5,11,14-16,26-27H,6-7H2,(H,32,33)(H2,29,30,31)/t11-,14+,15+,16-/m1/s1. The Kier molecular flexibility index (Phi) is 8.14. The zero-order chi connectivity index (χ0) is 29.6. The van der Waals surface area contributed by atoms with Gasteiger partial charge in [0.2, 0.25) is 0 Å². The summed E-state index contributed by atoms with van der Waals surface area (Å²) in [7, 11) is -10.8. The number of aliphatic hydroxyl groups is 2. The number of fused-ring (bicyclic) bond motifs is 1. The molecule has 220 valence electrons. The van der Waals surface area contributed by atoms with Crippen LogP contribution in [0.2, 0.25) is 0 Å². The minimum Gasteiger partial charge on any atom is -0.405 e. The average molecular weight is 619 g/mol. The van der Waals surface area contributed by atoms with Crippen molar-refractivity contribution in [2.45, 2.75) is 37.4 Å². The van der Waals surface area contributed by atoms with Gasteiger partial charge >= 0.3 is 27.7 Å². The van der Waals surface area contributed by atoms with Crippen LogP contribution < -0.4 is 16.0 Å². The van der Waals surface area contributed by atoms with Crippen molar-refractivity contribution < 1.29 is 70.0 Å². The molecule has 1 aromatic carbocycles. The van der Waals surface area contributed by atoms with Crippen LogP contribution in [0.3, 0.4) is 0 Å². The van der Waals surface area contributed by atoms with Crippen molar-refractivity contribution in [1.29, 1.82) is 0 Å². The first-order valence-corrected chi connectivity index (χ1v) is 13.7. The Morgan fingerprint density at radius 1 is 1.07 bits per heavy atom. The molecule has 0 amide bonds. The zero-order valence-corrected chi connectivity index (χ0v) is 21.2. The summed E-state index contributed by atoms with van der Waals surface area (Å²) < 4.78 is 84.4. The molecule has 5 atom stereocenters. The van der Waals surface area contributed by atoms with Gasteiger partial charge in [-0.15, -0.1) is 13.2 Å². The molecule has 1 fully saturated rings. The number of hydrogen-bond acceptors (Lipinski definition) is 12. The second kappa shape index (κ2) is 10.8. The van der Waals surface area contributed by atoms with Gasteiger partial charge < -0.3 is 38.9 Å². The Labute approximate surface area is 218 Å². The molecule has 17 nitrogen and oxygen atoms in total. The molecule has 3 heterocycles. The predicted molar refractivity (Wildman–Crippen MR) is 120 cm³/mol. The van der Waals surface area contributed by atoms with Crippen molar-refractivity contribution in [1.82, 2.24) is 14.3 Å². The van der Waals surface area contributed by atoms with Gasteiger partial charge in [0, 0.05) is 12.3 Å². The lowest BCUT2D eigenvalue weighted by Gasteiger charge is -2.19. The molecule has 5 N–H and O–H groups in total. The normalized spacial score (nSPS) is 23.4. The van der Waals surface area contributed by atoms with Gasteiger partial charge in [-0.1, -0.05) is 11.2 Å². The summed E-state index contributed by atoms with van der Waals surface area (Å²) in [5, 5.41) is 24.0. The summed E-state index contributed by atoms with van der Waals surface area (Å²) in [6, 6.07) is 4.26. The molecule has 0 bridgehead atoms. The number of hydrogen-bond donors (Lipinski definition) is 5. The maximum Gasteiger partial charge on any atom is 0.573 e. The second-order valence-electron chi connectivity index (χ2n) is 8.12. The summed E-state index contributed by atoms with van der Waals surface area (Å²) >= 11 is 0. The first-order valence-electron chi connectivity index (χ1n) is 10.7. The lowest BCUT2D eigenvalue weighted by molar-refractivity contribution is -0.274. The Bertz CT molecular complexity index is 1610. The van der Waals surface area contributed by atoms with Crippen LogP contribution in [0, 0.1) is 0 Å². The van der Waals surface area contributed by atoms with Gasteiger partial charge in [-0.25, -0.2) is 13.9 Å². The quantitative estimate of drug-likeness (QED) is 0.197. The maximum atomic E-state index is 13.1. The third-order valence-corrected chi connectivity index (χ3v) is 7.53. The van der Waals surface area contributed by atoms with Crippen LogP contribution in [0.4, 0.5) is 13.2 Å². The summed E-state index contributed by atoms with van der Waals surface area (Å²) in [5.41, 5.74) is -2.58. The number of ether oxygens (including phenoxy) is 2. The van der Waals surface area contributed by atoms with Crippen LogP contribution >= 0.6 is 15.6 Å². The largest absolute Gasteiger partial charge is 0.573 e. The Morgan fingerprint density at radius 3 is 2.42 bits per heavy atom. The maximum absolute atomic E-state index is 13.1. The minimum absolute atomic E-state index is 0.148. The van der Waals surface area contributed by atoms with Crippen LogP contribution in [-0.2, 0) is 29.2 Å². The molecule has 0 aliphatic carbocycles. The lowest BCUT2D eigenvalue weighted by Crippen LogP contribution is -2.43. The van der Waals surface area contributed by atoms with E-state index in [1.807, 2.05) is 0 Å². The van der Waals surface area contributed by atoms with E-state index in [9.17, 15) is 47.0 Å². The number of aliphatic hydroxyl groups excluding tert-OH is 2. The number of benzene rings is 1. The monoisotopic (exact) mass is 619 g/mol. The highest BCUT2D eigenvalue weighted by atomic mass is 31.3. The number of rotatable bonds is 9. The molecule has 1 unspecified atom stereocenters.